The number of carbonyl (C=O) groups is 1. The van der Waals surface area contributed by atoms with Crippen molar-refractivity contribution in [3.63, 3.8) is 0 Å². The SMILES string of the molecule is O=C(NCC1CC1)C1=CC(c2ccc3c(c2)OCO3)CC(OCCCCO)O1. The van der Waals surface area contributed by atoms with Gasteiger partial charge in [0.1, 0.15) is 0 Å². The summed E-state index contributed by atoms with van der Waals surface area (Å²) in [6.07, 6.45) is 5.76. The lowest BCUT2D eigenvalue weighted by Gasteiger charge is -2.29. The van der Waals surface area contributed by atoms with Crippen LogP contribution in [0.5, 0.6) is 11.5 Å². The number of hydrogen-bond donors (Lipinski definition) is 2. The molecule has 1 aromatic rings. The van der Waals surface area contributed by atoms with E-state index in [1.54, 1.807) is 0 Å². The van der Waals surface area contributed by atoms with Crippen LogP contribution in [-0.2, 0) is 14.3 Å². The van der Waals surface area contributed by atoms with Gasteiger partial charge in [-0.15, -0.1) is 0 Å². The topological polar surface area (TPSA) is 86.3 Å². The zero-order valence-electron chi connectivity index (χ0n) is 15.9. The first-order valence-corrected chi connectivity index (χ1v) is 10.0. The van der Waals surface area contributed by atoms with E-state index in [0.29, 0.717) is 37.7 Å². The molecular weight excluding hydrogens is 362 g/mol. The Labute approximate surface area is 164 Å². The van der Waals surface area contributed by atoms with E-state index in [1.807, 2.05) is 24.3 Å². The number of benzene rings is 1. The summed E-state index contributed by atoms with van der Waals surface area (Å²) in [5, 5.41) is 11.9. The highest BCUT2D eigenvalue weighted by molar-refractivity contribution is 5.91. The van der Waals surface area contributed by atoms with Crippen molar-refractivity contribution in [3.05, 3.63) is 35.6 Å². The predicted octanol–water partition coefficient (Wildman–Crippen LogP) is 2.44. The third kappa shape index (κ3) is 4.77. The molecule has 7 nitrogen and oxygen atoms in total. The van der Waals surface area contributed by atoms with Gasteiger partial charge in [-0.3, -0.25) is 4.79 Å². The Bertz CT molecular complexity index is 730. The van der Waals surface area contributed by atoms with E-state index in [4.69, 9.17) is 24.1 Å². The summed E-state index contributed by atoms with van der Waals surface area (Å²) in [6, 6.07) is 5.84. The van der Waals surface area contributed by atoms with Crippen LogP contribution in [0.15, 0.2) is 30.0 Å². The van der Waals surface area contributed by atoms with E-state index < -0.39 is 6.29 Å². The fourth-order valence-corrected chi connectivity index (χ4v) is 3.37. The molecule has 0 saturated heterocycles. The minimum absolute atomic E-state index is 0.0206. The van der Waals surface area contributed by atoms with Crippen LogP contribution in [0.3, 0.4) is 0 Å². The molecule has 152 valence electrons. The standard InChI is InChI=1S/C21H27NO6/c23-7-1-2-8-25-20-11-16(15-5-6-17-18(9-15)27-13-26-17)10-19(28-20)21(24)22-12-14-3-4-14/h5-6,9-10,14,16,20,23H,1-4,7-8,11-13H2,(H,22,24). The van der Waals surface area contributed by atoms with E-state index in [2.05, 4.69) is 5.32 Å². The number of ether oxygens (including phenoxy) is 4. The molecule has 2 atom stereocenters. The summed E-state index contributed by atoms with van der Waals surface area (Å²) in [4.78, 5) is 12.6. The molecule has 3 aliphatic rings. The number of aliphatic hydroxyl groups excluding tert-OH is 1. The molecule has 0 spiro atoms. The second kappa shape index (κ2) is 8.84. The summed E-state index contributed by atoms with van der Waals surface area (Å²) in [5.41, 5.74) is 1.03. The van der Waals surface area contributed by atoms with Gasteiger partial charge in [-0.05, 0) is 55.4 Å². The number of hydrogen-bond acceptors (Lipinski definition) is 6. The third-order valence-corrected chi connectivity index (χ3v) is 5.21. The van der Waals surface area contributed by atoms with Crippen LogP contribution in [0.25, 0.3) is 0 Å². The van der Waals surface area contributed by atoms with E-state index in [9.17, 15) is 4.79 Å². The Morgan fingerprint density at radius 1 is 1.21 bits per heavy atom. The van der Waals surface area contributed by atoms with Crippen molar-refractivity contribution in [2.75, 3.05) is 26.6 Å². The number of rotatable bonds is 9. The number of fused-ring (bicyclic) bond motifs is 1. The van der Waals surface area contributed by atoms with Crippen LogP contribution in [0.2, 0.25) is 0 Å². The zero-order chi connectivity index (χ0) is 19.3. The molecule has 1 amide bonds. The van der Waals surface area contributed by atoms with E-state index >= 15 is 0 Å². The Balaban J connectivity index is 1.47. The molecule has 1 aliphatic carbocycles. The average Bonchev–Trinajstić information content (AvgIpc) is 3.43. The van der Waals surface area contributed by atoms with Crippen LogP contribution in [0.1, 0.15) is 43.6 Å². The van der Waals surface area contributed by atoms with Gasteiger partial charge >= 0.3 is 0 Å². The summed E-state index contributed by atoms with van der Waals surface area (Å²) >= 11 is 0. The minimum Gasteiger partial charge on any atom is -0.459 e. The van der Waals surface area contributed by atoms with Gasteiger partial charge in [0, 0.05) is 25.5 Å². The maximum atomic E-state index is 12.6. The largest absolute Gasteiger partial charge is 0.459 e. The van der Waals surface area contributed by atoms with Gasteiger partial charge in [0.05, 0.1) is 6.61 Å². The summed E-state index contributed by atoms with van der Waals surface area (Å²) in [7, 11) is 0. The monoisotopic (exact) mass is 389 g/mol. The highest BCUT2D eigenvalue weighted by atomic mass is 16.7. The first kappa shape index (κ1) is 19.1. The van der Waals surface area contributed by atoms with Crippen LogP contribution < -0.4 is 14.8 Å². The number of unbranched alkanes of at least 4 members (excludes halogenated alkanes) is 1. The second-order valence-corrected chi connectivity index (χ2v) is 7.49. The van der Waals surface area contributed by atoms with Gasteiger partial charge in [0.2, 0.25) is 13.1 Å². The van der Waals surface area contributed by atoms with Gasteiger partial charge in [-0.25, -0.2) is 0 Å². The van der Waals surface area contributed by atoms with E-state index in [1.165, 1.54) is 12.8 Å². The molecule has 1 saturated carbocycles. The lowest BCUT2D eigenvalue weighted by atomic mass is 9.92. The zero-order valence-corrected chi connectivity index (χ0v) is 15.9. The molecule has 4 rings (SSSR count). The smallest absolute Gasteiger partial charge is 0.286 e. The highest BCUT2D eigenvalue weighted by Crippen LogP contribution is 2.38. The molecule has 2 unspecified atom stereocenters. The lowest BCUT2D eigenvalue weighted by Crippen LogP contribution is -2.34. The predicted molar refractivity (Wildman–Crippen MR) is 101 cm³/mol. The van der Waals surface area contributed by atoms with Gasteiger partial charge in [-0.1, -0.05) is 6.07 Å². The quantitative estimate of drug-likeness (QED) is 0.631. The van der Waals surface area contributed by atoms with Crippen molar-refractivity contribution in [3.8, 4) is 11.5 Å². The molecular formula is C21H27NO6. The molecule has 0 radical (unpaired) electrons. The molecule has 0 aromatic heterocycles. The summed E-state index contributed by atoms with van der Waals surface area (Å²) in [5.74, 6) is 2.15. The fourth-order valence-electron chi connectivity index (χ4n) is 3.37. The van der Waals surface area contributed by atoms with Crippen molar-refractivity contribution in [2.45, 2.75) is 44.3 Å². The average molecular weight is 389 g/mol. The number of amides is 1. The maximum absolute atomic E-state index is 12.6. The lowest BCUT2D eigenvalue weighted by molar-refractivity contribution is -0.146. The van der Waals surface area contributed by atoms with Crippen molar-refractivity contribution in [1.82, 2.24) is 5.32 Å². The van der Waals surface area contributed by atoms with Gasteiger partial charge in [-0.2, -0.15) is 0 Å². The number of nitrogens with one attached hydrogen (secondary N) is 1. The normalized spacial score (nSPS) is 23.1. The Morgan fingerprint density at radius 3 is 2.89 bits per heavy atom. The van der Waals surface area contributed by atoms with Crippen LogP contribution in [-0.4, -0.2) is 43.9 Å². The number of allylic oxidation sites excluding steroid dienone is 1. The van der Waals surface area contributed by atoms with E-state index in [0.717, 1.165) is 23.5 Å². The molecule has 2 heterocycles. The molecule has 1 aromatic carbocycles. The Kier molecular flexibility index (Phi) is 6.02. The van der Waals surface area contributed by atoms with Gasteiger partial charge in [0.15, 0.2) is 17.3 Å². The van der Waals surface area contributed by atoms with Crippen molar-refractivity contribution >= 4 is 5.91 Å². The van der Waals surface area contributed by atoms with Crippen molar-refractivity contribution in [2.24, 2.45) is 5.92 Å². The van der Waals surface area contributed by atoms with Crippen molar-refractivity contribution in [1.29, 1.82) is 0 Å². The minimum atomic E-state index is -0.499. The molecule has 0 bridgehead atoms. The number of aliphatic hydroxyl groups is 1. The number of carbonyl (C=O) groups excluding carboxylic acids is 1. The Hall–Kier alpha value is -2.25. The van der Waals surface area contributed by atoms with Gasteiger partial charge in [0.25, 0.3) is 5.91 Å². The summed E-state index contributed by atoms with van der Waals surface area (Å²) in [6.45, 7) is 1.55. The van der Waals surface area contributed by atoms with Crippen LogP contribution in [0, 0.1) is 5.92 Å². The van der Waals surface area contributed by atoms with Gasteiger partial charge < -0.3 is 29.4 Å². The fraction of sp³-hybridized carbons (Fsp3) is 0.571. The molecule has 1 fully saturated rings. The summed E-state index contributed by atoms with van der Waals surface area (Å²) < 4.78 is 22.5. The second-order valence-electron chi connectivity index (χ2n) is 7.49. The third-order valence-electron chi connectivity index (χ3n) is 5.21. The molecule has 7 heteroatoms. The maximum Gasteiger partial charge on any atom is 0.286 e. The molecule has 2 N–H and O–H groups in total. The molecule has 2 aliphatic heterocycles. The Morgan fingerprint density at radius 2 is 2.07 bits per heavy atom. The van der Waals surface area contributed by atoms with E-state index in [-0.39, 0.29) is 25.2 Å². The van der Waals surface area contributed by atoms with Crippen LogP contribution >= 0.6 is 0 Å². The van der Waals surface area contributed by atoms with Crippen LogP contribution in [0.4, 0.5) is 0 Å². The molecule has 28 heavy (non-hydrogen) atoms. The van der Waals surface area contributed by atoms with Crippen molar-refractivity contribution < 1.29 is 28.8 Å². The highest BCUT2D eigenvalue weighted by Gasteiger charge is 2.30. The first-order valence-electron chi connectivity index (χ1n) is 10.0. The first-order chi connectivity index (χ1) is 13.7.